The van der Waals surface area contributed by atoms with Crippen LogP contribution in [0.25, 0.3) is 0 Å². The Hall–Kier alpha value is -2.12. The van der Waals surface area contributed by atoms with Crippen molar-refractivity contribution in [3.8, 4) is 0 Å². The van der Waals surface area contributed by atoms with E-state index >= 15 is 0 Å². The Kier molecular flexibility index (Phi) is 8.37. The molecule has 0 fully saturated rings. The SMILES string of the molecule is CCNC(=NCc1nnc2n1CCCCC2)NCCC(=O)N(CC)CC. The number of fused-ring (bicyclic) bond motifs is 1. The lowest BCUT2D eigenvalue weighted by Gasteiger charge is -2.19. The van der Waals surface area contributed by atoms with E-state index in [1.54, 1.807) is 0 Å². The fourth-order valence-electron chi connectivity index (χ4n) is 3.18. The van der Waals surface area contributed by atoms with Crippen molar-refractivity contribution in [2.75, 3.05) is 26.2 Å². The first-order chi connectivity index (χ1) is 12.7. The minimum Gasteiger partial charge on any atom is -0.357 e. The van der Waals surface area contributed by atoms with E-state index in [0.29, 0.717) is 25.5 Å². The summed E-state index contributed by atoms with van der Waals surface area (Å²) in [5.41, 5.74) is 0. The Labute approximate surface area is 156 Å². The van der Waals surface area contributed by atoms with Crippen LogP contribution in [0.4, 0.5) is 0 Å². The summed E-state index contributed by atoms with van der Waals surface area (Å²) in [6.07, 6.45) is 5.07. The van der Waals surface area contributed by atoms with E-state index < -0.39 is 0 Å². The number of nitrogens with zero attached hydrogens (tertiary/aromatic N) is 5. The van der Waals surface area contributed by atoms with Crippen LogP contribution in [-0.4, -0.2) is 57.7 Å². The Balaban J connectivity index is 1.90. The zero-order chi connectivity index (χ0) is 18.8. The van der Waals surface area contributed by atoms with Crippen LogP contribution in [-0.2, 0) is 24.3 Å². The van der Waals surface area contributed by atoms with Gasteiger partial charge in [-0.05, 0) is 33.6 Å². The molecule has 0 spiro atoms. The van der Waals surface area contributed by atoms with E-state index in [-0.39, 0.29) is 5.91 Å². The van der Waals surface area contributed by atoms with Gasteiger partial charge in [0, 0.05) is 45.6 Å². The molecule has 2 rings (SSSR count). The Morgan fingerprint density at radius 3 is 2.69 bits per heavy atom. The predicted molar refractivity (Wildman–Crippen MR) is 103 cm³/mol. The van der Waals surface area contributed by atoms with E-state index in [1.807, 2.05) is 25.7 Å². The molecule has 8 nitrogen and oxygen atoms in total. The predicted octanol–water partition coefficient (Wildman–Crippen LogP) is 1.32. The highest BCUT2D eigenvalue weighted by molar-refractivity contribution is 5.81. The summed E-state index contributed by atoms with van der Waals surface area (Å²) in [7, 11) is 0. The quantitative estimate of drug-likeness (QED) is 0.537. The zero-order valence-corrected chi connectivity index (χ0v) is 16.4. The molecule has 0 saturated heterocycles. The average Bonchev–Trinajstić information content (AvgIpc) is 2.87. The molecule has 2 heterocycles. The maximum Gasteiger partial charge on any atom is 0.224 e. The molecule has 0 atom stereocenters. The third-order valence-corrected chi connectivity index (χ3v) is 4.66. The van der Waals surface area contributed by atoms with Crippen LogP contribution in [0.5, 0.6) is 0 Å². The second-order valence-corrected chi connectivity index (χ2v) is 6.43. The largest absolute Gasteiger partial charge is 0.357 e. The molecular weight excluding hydrogens is 330 g/mol. The van der Waals surface area contributed by atoms with Crippen molar-refractivity contribution in [3.63, 3.8) is 0 Å². The molecule has 0 saturated carbocycles. The van der Waals surface area contributed by atoms with Gasteiger partial charge in [-0.1, -0.05) is 6.42 Å². The lowest BCUT2D eigenvalue weighted by atomic mass is 10.2. The first-order valence-corrected chi connectivity index (χ1v) is 9.90. The lowest BCUT2D eigenvalue weighted by molar-refractivity contribution is -0.130. The van der Waals surface area contributed by atoms with Gasteiger partial charge in [-0.2, -0.15) is 0 Å². The molecule has 2 N–H and O–H groups in total. The first kappa shape index (κ1) is 20.2. The normalized spacial score (nSPS) is 14.5. The number of hydrogen-bond acceptors (Lipinski definition) is 4. The molecule has 0 radical (unpaired) electrons. The van der Waals surface area contributed by atoms with Crippen molar-refractivity contribution in [2.24, 2.45) is 4.99 Å². The molecule has 0 unspecified atom stereocenters. The third kappa shape index (κ3) is 5.71. The summed E-state index contributed by atoms with van der Waals surface area (Å²) in [5, 5.41) is 15.1. The number of aromatic nitrogens is 3. The molecule has 0 aliphatic carbocycles. The van der Waals surface area contributed by atoms with Gasteiger partial charge in [0.2, 0.25) is 5.91 Å². The van der Waals surface area contributed by atoms with Crippen LogP contribution in [0, 0.1) is 0 Å². The van der Waals surface area contributed by atoms with Gasteiger partial charge in [-0.15, -0.1) is 10.2 Å². The van der Waals surface area contributed by atoms with Crippen LogP contribution in [0.2, 0.25) is 0 Å². The van der Waals surface area contributed by atoms with E-state index in [0.717, 1.165) is 44.2 Å². The third-order valence-electron chi connectivity index (χ3n) is 4.66. The Morgan fingerprint density at radius 1 is 1.15 bits per heavy atom. The second kappa shape index (κ2) is 10.8. The van der Waals surface area contributed by atoms with E-state index in [9.17, 15) is 4.79 Å². The lowest BCUT2D eigenvalue weighted by Crippen LogP contribution is -2.40. The zero-order valence-electron chi connectivity index (χ0n) is 16.4. The number of carbonyl (C=O) groups excluding carboxylic acids is 1. The molecule has 0 bridgehead atoms. The monoisotopic (exact) mass is 363 g/mol. The standard InChI is InChI=1S/C18H33N7O/c1-4-19-18(20-12-11-17(26)24(5-2)6-3)21-14-16-23-22-15-10-8-7-9-13-25(15)16/h4-14H2,1-3H3,(H2,19,20,21). The number of hydrogen-bond donors (Lipinski definition) is 2. The molecule has 146 valence electrons. The molecule has 1 aromatic heterocycles. The van der Waals surface area contributed by atoms with Crippen molar-refractivity contribution in [2.45, 2.75) is 66.0 Å². The van der Waals surface area contributed by atoms with Crippen LogP contribution in [0.3, 0.4) is 0 Å². The fourth-order valence-corrected chi connectivity index (χ4v) is 3.18. The smallest absolute Gasteiger partial charge is 0.224 e. The van der Waals surface area contributed by atoms with E-state index in [4.69, 9.17) is 0 Å². The summed E-state index contributed by atoms with van der Waals surface area (Å²) in [6.45, 7) is 10.3. The highest BCUT2D eigenvalue weighted by Gasteiger charge is 2.14. The van der Waals surface area contributed by atoms with Crippen LogP contribution in [0.1, 0.15) is 58.1 Å². The first-order valence-electron chi connectivity index (χ1n) is 9.90. The average molecular weight is 364 g/mol. The van der Waals surface area contributed by atoms with Gasteiger partial charge >= 0.3 is 0 Å². The minimum atomic E-state index is 0.168. The summed E-state index contributed by atoms with van der Waals surface area (Å²) in [4.78, 5) is 18.6. The molecule has 1 aromatic rings. The van der Waals surface area contributed by atoms with Crippen molar-refractivity contribution < 1.29 is 4.79 Å². The van der Waals surface area contributed by atoms with Crippen LogP contribution >= 0.6 is 0 Å². The van der Waals surface area contributed by atoms with Gasteiger partial charge < -0.3 is 20.1 Å². The van der Waals surface area contributed by atoms with Gasteiger partial charge in [0.15, 0.2) is 11.8 Å². The minimum absolute atomic E-state index is 0.168. The summed E-state index contributed by atoms with van der Waals surface area (Å²) in [6, 6.07) is 0. The maximum absolute atomic E-state index is 12.1. The van der Waals surface area contributed by atoms with Crippen LogP contribution in [0.15, 0.2) is 4.99 Å². The van der Waals surface area contributed by atoms with Crippen molar-refractivity contribution >= 4 is 11.9 Å². The summed E-state index contributed by atoms with van der Waals surface area (Å²) >= 11 is 0. The van der Waals surface area contributed by atoms with Gasteiger partial charge in [-0.25, -0.2) is 4.99 Å². The molecule has 0 aromatic carbocycles. The molecule has 1 amide bonds. The van der Waals surface area contributed by atoms with E-state index in [1.165, 1.54) is 19.3 Å². The van der Waals surface area contributed by atoms with Gasteiger partial charge in [0.1, 0.15) is 12.4 Å². The molecule has 1 aliphatic rings. The highest BCUT2D eigenvalue weighted by Crippen LogP contribution is 2.14. The number of guanidine groups is 1. The number of aliphatic imine (C=N–C) groups is 1. The molecule has 8 heteroatoms. The van der Waals surface area contributed by atoms with Crippen molar-refractivity contribution in [3.05, 3.63) is 11.6 Å². The fraction of sp³-hybridized carbons (Fsp3) is 0.778. The van der Waals surface area contributed by atoms with Crippen LogP contribution < -0.4 is 10.6 Å². The van der Waals surface area contributed by atoms with Crippen molar-refractivity contribution in [1.82, 2.24) is 30.3 Å². The van der Waals surface area contributed by atoms with Crippen molar-refractivity contribution in [1.29, 1.82) is 0 Å². The number of nitrogens with one attached hydrogen (secondary N) is 2. The van der Waals surface area contributed by atoms with E-state index in [2.05, 4.69) is 30.4 Å². The Bertz CT molecular complexity index is 592. The number of aryl methyl sites for hydroxylation is 1. The molecule has 26 heavy (non-hydrogen) atoms. The van der Waals surface area contributed by atoms with Gasteiger partial charge in [0.25, 0.3) is 0 Å². The highest BCUT2D eigenvalue weighted by atomic mass is 16.2. The molecular formula is C18H33N7O. The Morgan fingerprint density at radius 2 is 1.96 bits per heavy atom. The number of amides is 1. The molecule has 1 aliphatic heterocycles. The second-order valence-electron chi connectivity index (χ2n) is 6.43. The number of rotatable bonds is 8. The maximum atomic E-state index is 12.1. The number of carbonyl (C=O) groups is 1. The summed E-state index contributed by atoms with van der Waals surface area (Å²) < 4.78 is 2.21. The topological polar surface area (TPSA) is 87.4 Å². The van der Waals surface area contributed by atoms with Gasteiger partial charge in [0.05, 0.1) is 0 Å². The summed E-state index contributed by atoms with van der Waals surface area (Å²) in [5.74, 6) is 2.88. The van der Waals surface area contributed by atoms with Gasteiger partial charge in [-0.3, -0.25) is 4.79 Å².